The van der Waals surface area contributed by atoms with Gasteiger partial charge in [0, 0.05) is 6.20 Å². The zero-order valence-electron chi connectivity index (χ0n) is 10.9. The van der Waals surface area contributed by atoms with Crippen LogP contribution in [0.3, 0.4) is 0 Å². The lowest BCUT2D eigenvalue weighted by Crippen LogP contribution is -2.43. The van der Waals surface area contributed by atoms with Crippen LogP contribution in [0.15, 0.2) is 30.6 Å². The maximum Gasteiger partial charge on any atom is 0.249 e. The molecule has 0 radical (unpaired) electrons. The number of carbonyl (C=O) groups is 1. The highest BCUT2D eigenvalue weighted by Crippen LogP contribution is 2.39. The fourth-order valence-corrected chi connectivity index (χ4v) is 2.41. The van der Waals surface area contributed by atoms with Crippen molar-refractivity contribution in [2.24, 2.45) is 0 Å². The van der Waals surface area contributed by atoms with Crippen molar-refractivity contribution in [2.75, 3.05) is 11.4 Å². The Morgan fingerprint density at radius 3 is 3.15 bits per heavy atom. The molecule has 1 atom stereocenters. The zero-order valence-corrected chi connectivity index (χ0v) is 11.6. The van der Waals surface area contributed by atoms with Crippen molar-refractivity contribution in [2.45, 2.75) is 19.6 Å². The molecule has 6 nitrogen and oxygen atoms in total. The summed E-state index contributed by atoms with van der Waals surface area (Å²) < 4.78 is 7.21. The number of fused-ring (bicyclic) bond motifs is 1. The van der Waals surface area contributed by atoms with Crippen LogP contribution in [0.1, 0.15) is 6.92 Å². The maximum absolute atomic E-state index is 12.4. The topological polar surface area (TPSA) is 60.2 Å². The molecule has 0 fully saturated rings. The number of ether oxygens (including phenoxy) is 1. The van der Waals surface area contributed by atoms with E-state index in [4.69, 9.17) is 16.3 Å². The first kappa shape index (κ1) is 12.9. The summed E-state index contributed by atoms with van der Waals surface area (Å²) in [5.74, 6) is 0.481. The highest BCUT2D eigenvalue weighted by atomic mass is 35.5. The van der Waals surface area contributed by atoms with Gasteiger partial charge in [-0.15, -0.1) is 5.10 Å². The van der Waals surface area contributed by atoms with Crippen molar-refractivity contribution in [1.29, 1.82) is 0 Å². The molecule has 0 aliphatic carbocycles. The summed E-state index contributed by atoms with van der Waals surface area (Å²) in [5, 5.41) is 8.00. The molecule has 1 aliphatic heterocycles. The Morgan fingerprint density at radius 2 is 2.40 bits per heavy atom. The van der Waals surface area contributed by atoms with Gasteiger partial charge >= 0.3 is 0 Å². The van der Waals surface area contributed by atoms with Crippen molar-refractivity contribution < 1.29 is 9.53 Å². The summed E-state index contributed by atoms with van der Waals surface area (Å²) in [6, 6.07) is 5.38. The molecule has 1 amide bonds. The highest BCUT2D eigenvalue weighted by molar-refractivity contribution is 6.32. The van der Waals surface area contributed by atoms with E-state index in [-0.39, 0.29) is 18.6 Å². The molecule has 1 aromatic carbocycles. The molecule has 1 aromatic heterocycles. The molecule has 0 saturated heterocycles. The molecule has 7 heteroatoms. The van der Waals surface area contributed by atoms with Gasteiger partial charge in [0.15, 0.2) is 5.75 Å². The number of carbonyl (C=O) groups excluding carboxylic acids is 1. The smallest absolute Gasteiger partial charge is 0.249 e. The number of hydrogen-bond acceptors (Lipinski definition) is 4. The molecule has 0 spiro atoms. The first-order valence-corrected chi connectivity index (χ1v) is 6.62. The van der Waals surface area contributed by atoms with Crippen molar-refractivity contribution in [1.82, 2.24) is 15.0 Å². The summed E-state index contributed by atoms with van der Waals surface area (Å²) in [7, 11) is 0. The van der Waals surface area contributed by atoms with Gasteiger partial charge in [0.25, 0.3) is 0 Å². The van der Waals surface area contributed by atoms with Gasteiger partial charge in [0.05, 0.1) is 23.5 Å². The zero-order chi connectivity index (χ0) is 14.1. The number of amides is 1. The summed E-state index contributed by atoms with van der Waals surface area (Å²) in [5.41, 5.74) is 0.695. The number of para-hydroxylation sites is 1. The van der Waals surface area contributed by atoms with Gasteiger partial charge in [-0.25, -0.2) is 4.68 Å². The number of aromatic nitrogens is 3. The van der Waals surface area contributed by atoms with Crippen LogP contribution in [0.2, 0.25) is 5.02 Å². The average Bonchev–Trinajstić information content (AvgIpc) is 2.92. The third-order valence-corrected chi connectivity index (χ3v) is 3.36. The Balaban J connectivity index is 1.90. The van der Waals surface area contributed by atoms with E-state index in [9.17, 15) is 4.79 Å². The molecule has 104 valence electrons. The molecule has 0 saturated carbocycles. The minimum atomic E-state index is -0.109. The highest BCUT2D eigenvalue weighted by Gasteiger charge is 2.29. The lowest BCUT2D eigenvalue weighted by Gasteiger charge is -2.33. The van der Waals surface area contributed by atoms with Gasteiger partial charge in [-0.2, -0.15) is 0 Å². The fourth-order valence-electron chi connectivity index (χ4n) is 2.20. The van der Waals surface area contributed by atoms with E-state index in [0.29, 0.717) is 23.0 Å². The first-order chi connectivity index (χ1) is 9.65. The van der Waals surface area contributed by atoms with E-state index in [1.807, 2.05) is 13.0 Å². The van der Waals surface area contributed by atoms with Crippen molar-refractivity contribution in [3.05, 3.63) is 35.6 Å². The minimum absolute atomic E-state index is 0.0748. The second-order valence-electron chi connectivity index (χ2n) is 4.62. The Morgan fingerprint density at radius 1 is 1.55 bits per heavy atom. The molecule has 0 bridgehead atoms. The van der Waals surface area contributed by atoms with Crippen LogP contribution in [-0.2, 0) is 11.3 Å². The number of hydrogen-bond donors (Lipinski definition) is 0. The van der Waals surface area contributed by atoms with Crippen LogP contribution in [0.4, 0.5) is 5.69 Å². The van der Waals surface area contributed by atoms with Gasteiger partial charge in [0.1, 0.15) is 12.6 Å². The van der Waals surface area contributed by atoms with Gasteiger partial charge in [-0.05, 0) is 19.1 Å². The van der Waals surface area contributed by atoms with Crippen LogP contribution in [0, 0.1) is 0 Å². The van der Waals surface area contributed by atoms with Crippen LogP contribution < -0.4 is 9.64 Å². The number of nitrogens with zero attached hydrogens (tertiary/aromatic N) is 4. The van der Waals surface area contributed by atoms with Crippen molar-refractivity contribution in [3.63, 3.8) is 0 Å². The maximum atomic E-state index is 12.4. The Hall–Kier alpha value is -2.08. The van der Waals surface area contributed by atoms with Gasteiger partial charge in [0.2, 0.25) is 5.91 Å². The van der Waals surface area contributed by atoms with Gasteiger partial charge < -0.3 is 9.64 Å². The molecule has 20 heavy (non-hydrogen) atoms. The van der Waals surface area contributed by atoms with Gasteiger partial charge in [-0.1, -0.05) is 22.9 Å². The Kier molecular flexibility index (Phi) is 3.31. The quantitative estimate of drug-likeness (QED) is 0.846. The lowest BCUT2D eigenvalue weighted by molar-refractivity contribution is -0.119. The van der Waals surface area contributed by atoms with E-state index in [1.54, 1.807) is 29.4 Å². The predicted octanol–water partition coefficient (Wildman–Crippen LogP) is 1.75. The molecule has 2 aromatic rings. The van der Waals surface area contributed by atoms with Crippen LogP contribution >= 0.6 is 11.6 Å². The standard InChI is InChI=1S/C13H13ClN4O2/c1-9-7-18(12(19)8-17-6-5-15-16-17)11-4-2-3-10(14)13(11)20-9/h2-6,9H,7-8H2,1H3/t9-/m0/s1. The van der Waals surface area contributed by atoms with Crippen LogP contribution in [0.25, 0.3) is 0 Å². The normalized spacial score (nSPS) is 17.5. The molecular weight excluding hydrogens is 280 g/mol. The van der Waals surface area contributed by atoms with Crippen molar-refractivity contribution >= 4 is 23.2 Å². The van der Waals surface area contributed by atoms with Crippen LogP contribution in [0.5, 0.6) is 5.75 Å². The SMILES string of the molecule is C[C@H]1CN(C(=O)Cn2ccnn2)c2cccc(Cl)c2O1. The number of halogens is 1. The van der Waals surface area contributed by atoms with Gasteiger partial charge in [-0.3, -0.25) is 4.79 Å². The minimum Gasteiger partial charge on any atom is -0.485 e. The molecule has 1 aliphatic rings. The van der Waals surface area contributed by atoms with E-state index in [1.165, 1.54) is 4.68 Å². The van der Waals surface area contributed by atoms with E-state index in [0.717, 1.165) is 0 Å². The third kappa shape index (κ3) is 2.34. The number of benzene rings is 1. The first-order valence-electron chi connectivity index (χ1n) is 6.25. The molecule has 2 heterocycles. The van der Waals surface area contributed by atoms with E-state index >= 15 is 0 Å². The summed E-state index contributed by atoms with van der Waals surface area (Å²) >= 11 is 6.13. The predicted molar refractivity (Wildman–Crippen MR) is 73.9 cm³/mol. The average molecular weight is 293 g/mol. The Labute approximate surface area is 120 Å². The molecular formula is C13H13ClN4O2. The van der Waals surface area contributed by atoms with E-state index < -0.39 is 0 Å². The second kappa shape index (κ2) is 5.13. The van der Waals surface area contributed by atoms with Crippen molar-refractivity contribution in [3.8, 4) is 5.75 Å². The largest absolute Gasteiger partial charge is 0.485 e. The van der Waals surface area contributed by atoms with E-state index in [2.05, 4.69) is 10.3 Å². The summed E-state index contributed by atoms with van der Waals surface area (Å²) in [4.78, 5) is 14.1. The summed E-state index contributed by atoms with van der Waals surface area (Å²) in [6.45, 7) is 2.53. The monoisotopic (exact) mass is 292 g/mol. The Bertz CT molecular complexity index is 629. The number of rotatable bonds is 2. The molecule has 3 rings (SSSR count). The molecule has 0 unspecified atom stereocenters. The fraction of sp³-hybridized carbons (Fsp3) is 0.308. The van der Waals surface area contributed by atoms with Crippen LogP contribution in [-0.4, -0.2) is 33.5 Å². The molecule has 0 N–H and O–H groups in total. The lowest BCUT2D eigenvalue weighted by atomic mass is 10.2. The summed E-state index contributed by atoms with van der Waals surface area (Å²) in [6.07, 6.45) is 3.09. The second-order valence-corrected chi connectivity index (χ2v) is 5.03. The number of anilines is 1. The third-order valence-electron chi connectivity index (χ3n) is 3.07.